The summed E-state index contributed by atoms with van der Waals surface area (Å²) in [7, 11) is -3.69. The van der Waals surface area contributed by atoms with Gasteiger partial charge in [0.05, 0.1) is 9.77 Å². The molecule has 2 aliphatic rings. The number of hydrogen-bond donors (Lipinski definition) is 2. The molecule has 170 valence electrons. The first-order valence-corrected chi connectivity index (χ1v) is 13.1. The molecule has 1 fully saturated rings. The van der Waals surface area contributed by atoms with Crippen molar-refractivity contribution in [3.8, 4) is 0 Å². The third-order valence-electron chi connectivity index (χ3n) is 5.89. The van der Waals surface area contributed by atoms with Crippen molar-refractivity contribution in [2.45, 2.75) is 49.5 Å². The number of thiophene rings is 1. The van der Waals surface area contributed by atoms with Crippen LogP contribution in [-0.2, 0) is 27.7 Å². The summed E-state index contributed by atoms with van der Waals surface area (Å²) in [6.45, 7) is 4.07. The van der Waals surface area contributed by atoms with Gasteiger partial charge in [-0.15, -0.1) is 11.3 Å². The van der Waals surface area contributed by atoms with Crippen molar-refractivity contribution in [2.24, 2.45) is 0 Å². The van der Waals surface area contributed by atoms with Crippen LogP contribution in [0.25, 0.3) is 0 Å². The number of nitrogens with zero attached hydrogens (tertiary/aromatic N) is 1. The SMILES string of the molecule is C=CC(=O)N[C@H]1CCCN(S(=O)(=O)c2ccc(NC(=O)c3cc4c(s3)CCCC4)cc2)C1. The second-order valence-electron chi connectivity index (χ2n) is 8.16. The quantitative estimate of drug-likeness (QED) is 0.629. The van der Waals surface area contributed by atoms with Crippen molar-refractivity contribution in [3.05, 3.63) is 58.3 Å². The molecule has 4 rings (SSSR count). The van der Waals surface area contributed by atoms with Crippen LogP contribution in [0.4, 0.5) is 5.69 Å². The molecule has 0 saturated carbocycles. The minimum Gasteiger partial charge on any atom is -0.349 e. The zero-order valence-corrected chi connectivity index (χ0v) is 19.4. The monoisotopic (exact) mass is 473 g/mol. The van der Waals surface area contributed by atoms with E-state index in [1.54, 1.807) is 23.5 Å². The number of carbonyl (C=O) groups excluding carboxylic acids is 2. The third-order valence-corrected chi connectivity index (χ3v) is 9.00. The van der Waals surface area contributed by atoms with Crippen molar-refractivity contribution in [1.82, 2.24) is 9.62 Å². The number of anilines is 1. The van der Waals surface area contributed by atoms with Crippen LogP contribution in [0.1, 0.15) is 45.8 Å². The number of carbonyl (C=O) groups is 2. The molecule has 0 spiro atoms. The molecule has 1 aliphatic carbocycles. The summed E-state index contributed by atoms with van der Waals surface area (Å²) >= 11 is 1.54. The number of sulfonamides is 1. The lowest BCUT2D eigenvalue weighted by atomic mass is 9.99. The lowest BCUT2D eigenvalue weighted by molar-refractivity contribution is -0.117. The summed E-state index contributed by atoms with van der Waals surface area (Å²) < 4.78 is 27.5. The summed E-state index contributed by atoms with van der Waals surface area (Å²) in [6, 6.07) is 7.98. The Kier molecular flexibility index (Phi) is 6.78. The molecule has 32 heavy (non-hydrogen) atoms. The Morgan fingerprint density at radius 3 is 2.59 bits per heavy atom. The third kappa shape index (κ3) is 4.95. The molecule has 2 aromatic rings. The molecule has 1 aliphatic heterocycles. The van der Waals surface area contributed by atoms with Crippen LogP contribution in [0.5, 0.6) is 0 Å². The van der Waals surface area contributed by atoms with E-state index in [1.807, 2.05) is 6.07 Å². The first kappa shape index (κ1) is 22.7. The minimum atomic E-state index is -3.69. The van der Waals surface area contributed by atoms with Crippen LogP contribution in [0.3, 0.4) is 0 Å². The molecule has 0 unspecified atom stereocenters. The van der Waals surface area contributed by atoms with Gasteiger partial charge in [0.2, 0.25) is 15.9 Å². The maximum atomic E-state index is 13.1. The molecule has 0 radical (unpaired) electrons. The second-order valence-corrected chi connectivity index (χ2v) is 11.2. The van der Waals surface area contributed by atoms with Gasteiger partial charge >= 0.3 is 0 Å². The van der Waals surface area contributed by atoms with Crippen molar-refractivity contribution in [2.75, 3.05) is 18.4 Å². The normalized spacial score (nSPS) is 19.1. The number of benzene rings is 1. The number of rotatable bonds is 6. The molecular formula is C23H27N3O4S2. The largest absolute Gasteiger partial charge is 0.349 e. The highest BCUT2D eigenvalue weighted by Crippen LogP contribution is 2.30. The van der Waals surface area contributed by atoms with Crippen LogP contribution in [0, 0.1) is 0 Å². The van der Waals surface area contributed by atoms with Gasteiger partial charge in [-0.1, -0.05) is 6.58 Å². The van der Waals surface area contributed by atoms with Gasteiger partial charge in [0.15, 0.2) is 0 Å². The van der Waals surface area contributed by atoms with E-state index in [1.165, 1.54) is 45.8 Å². The fraction of sp³-hybridized carbons (Fsp3) is 0.391. The molecular weight excluding hydrogens is 446 g/mol. The van der Waals surface area contributed by atoms with Gasteiger partial charge in [-0.05, 0) is 80.5 Å². The van der Waals surface area contributed by atoms with Gasteiger partial charge in [-0.25, -0.2) is 8.42 Å². The number of amides is 2. The van der Waals surface area contributed by atoms with Crippen molar-refractivity contribution in [3.63, 3.8) is 0 Å². The van der Waals surface area contributed by atoms with Crippen molar-refractivity contribution >= 4 is 38.9 Å². The van der Waals surface area contributed by atoms with Gasteiger partial charge < -0.3 is 10.6 Å². The number of hydrogen-bond acceptors (Lipinski definition) is 5. The van der Waals surface area contributed by atoms with E-state index < -0.39 is 10.0 Å². The summed E-state index contributed by atoms with van der Waals surface area (Å²) in [6.07, 6.45) is 6.98. The summed E-state index contributed by atoms with van der Waals surface area (Å²) in [5, 5.41) is 5.64. The highest BCUT2D eigenvalue weighted by atomic mass is 32.2. The average Bonchev–Trinajstić information content (AvgIpc) is 3.24. The Bertz CT molecular complexity index is 1100. The molecule has 7 nitrogen and oxygen atoms in total. The van der Waals surface area contributed by atoms with Gasteiger partial charge in [-0.3, -0.25) is 9.59 Å². The van der Waals surface area contributed by atoms with E-state index in [4.69, 9.17) is 0 Å². The topological polar surface area (TPSA) is 95.6 Å². The zero-order chi connectivity index (χ0) is 22.7. The van der Waals surface area contributed by atoms with Crippen LogP contribution >= 0.6 is 11.3 Å². The Labute approximate surface area is 192 Å². The van der Waals surface area contributed by atoms with E-state index >= 15 is 0 Å². The molecule has 1 aromatic carbocycles. The Balaban J connectivity index is 1.42. The van der Waals surface area contributed by atoms with E-state index in [2.05, 4.69) is 17.2 Å². The first-order chi connectivity index (χ1) is 15.4. The highest BCUT2D eigenvalue weighted by Gasteiger charge is 2.30. The van der Waals surface area contributed by atoms with Gasteiger partial charge in [-0.2, -0.15) is 4.31 Å². The molecule has 0 bridgehead atoms. The number of piperidine rings is 1. The Morgan fingerprint density at radius 1 is 1.12 bits per heavy atom. The zero-order valence-electron chi connectivity index (χ0n) is 17.8. The summed E-state index contributed by atoms with van der Waals surface area (Å²) in [4.78, 5) is 26.4. The maximum absolute atomic E-state index is 13.1. The lowest BCUT2D eigenvalue weighted by Crippen LogP contribution is -2.49. The van der Waals surface area contributed by atoms with E-state index in [0.29, 0.717) is 23.5 Å². The fourth-order valence-corrected chi connectivity index (χ4v) is 6.87. The van der Waals surface area contributed by atoms with Gasteiger partial charge in [0, 0.05) is 29.7 Å². The fourth-order valence-electron chi connectivity index (χ4n) is 4.19. The van der Waals surface area contributed by atoms with E-state index in [-0.39, 0.29) is 29.3 Å². The number of fused-ring (bicyclic) bond motifs is 1. The summed E-state index contributed by atoms with van der Waals surface area (Å²) in [5.74, 6) is -0.474. The number of nitrogens with one attached hydrogen (secondary N) is 2. The molecule has 2 N–H and O–H groups in total. The highest BCUT2D eigenvalue weighted by molar-refractivity contribution is 7.89. The first-order valence-electron chi connectivity index (χ1n) is 10.8. The minimum absolute atomic E-state index is 0.165. The van der Waals surface area contributed by atoms with Gasteiger partial charge in [0.25, 0.3) is 5.91 Å². The Hall–Kier alpha value is -2.49. The van der Waals surface area contributed by atoms with Crippen molar-refractivity contribution < 1.29 is 18.0 Å². The average molecular weight is 474 g/mol. The predicted molar refractivity (Wildman–Crippen MR) is 125 cm³/mol. The lowest BCUT2D eigenvalue weighted by Gasteiger charge is -2.32. The molecule has 1 aromatic heterocycles. The second kappa shape index (κ2) is 9.56. The molecule has 2 heterocycles. The van der Waals surface area contributed by atoms with E-state index in [9.17, 15) is 18.0 Å². The van der Waals surface area contributed by atoms with Gasteiger partial charge in [0.1, 0.15) is 0 Å². The van der Waals surface area contributed by atoms with Crippen LogP contribution < -0.4 is 10.6 Å². The maximum Gasteiger partial charge on any atom is 0.265 e. The Morgan fingerprint density at radius 2 is 1.88 bits per heavy atom. The smallest absolute Gasteiger partial charge is 0.265 e. The molecule has 1 saturated heterocycles. The van der Waals surface area contributed by atoms with Crippen LogP contribution in [0.15, 0.2) is 47.9 Å². The standard InChI is InChI=1S/C23H27N3O4S2/c1-2-22(27)24-18-7-5-13-26(15-18)32(29,30)19-11-9-17(10-12-19)25-23(28)21-14-16-6-3-4-8-20(16)31-21/h2,9-12,14,18H,1,3-8,13,15H2,(H,24,27)(H,25,28)/t18-/m0/s1. The van der Waals surface area contributed by atoms with E-state index in [0.717, 1.165) is 19.3 Å². The number of aryl methyl sites for hydroxylation is 2. The molecule has 1 atom stereocenters. The predicted octanol–water partition coefficient (Wildman–Crippen LogP) is 3.33. The molecule has 2 amide bonds. The van der Waals surface area contributed by atoms with Crippen LogP contribution in [-0.4, -0.2) is 43.7 Å². The van der Waals surface area contributed by atoms with Crippen LogP contribution in [0.2, 0.25) is 0 Å². The summed E-state index contributed by atoms with van der Waals surface area (Å²) in [5.41, 5.74) is 1.83. The molecule has 9 heteroatoms. The van der Waals surface area contributed by atoms with Crippen molar-refractivity contribution in [1.29, 1.82) is 0 Å².